The molecule has 4 amide bonds. The first kappa shape index (κ1) is 21.4. The van der Waals surface area contributed by atoms with Gasteiger partial charge in [0.25, 0.3) is 0 Å². The largest absolute Gasteiger partial charge is 0.480 e. The number of amides is 4. The van der Waals surface area contributed by atoms with Gasteiger partial charge in [-0.15, -0.1) is 0 Å². The summed E-state index contributed by atoms with van der Waals surface area (Å²) < 4.78 is 0. The highest BCUT2D eigenvalue weighted by Gasteiger charge is 2.36. The number of nitrogens with two attached hydrogens (primary N) is 1. The molecule has 1 heterocycles. The monoisotopic (exact) mass is 371 g/mol. The number of carbonyl (C=O) groups excluding carboxylic acids is 4. The lowest BCUT2D eigenvalue weighted by molar-refractivity contribution is -0.142. The molecule has 0 aliphatic carbocycles. The van der Waals surface area contributed by atoms with Crippen molar-refractivity contribution in [2.45, 2.75) is 44.8 Å². The Bertz CT molecular complexity index is 581. The lowest BCUT2D eigenvalue weighted by Crippen LogP contribution is -2.55. The van der Waals surface area contributed by atoms with Gasteiger partial charge in [0.05, 0.1) is 6.54 Å². The predicted octanol–water partition coefficient (Wildman–Crippen LogP) is -2.85. The summed E-state index contributed by atoms with van der Waals surface area (Å²) in [4.78, 5) is 59.7. The van der Waals surface area contributed by atoms with Crippen molar-refractivity contribution in [3.63, 3.8) is 0 Å². The van der Waals surface area contributed by atoms with Crippen LogP contribution in [0, 0.1) is 0 Å². The smallest absolute Gasteiger partial charge is 0.322 e. The summed E-state index contributed by atoms with van der Waals surface area (Å²) in [7, 11) is 0. The number of carbonyl (C=O) groups is 5. The van der Waals surface area contributed by atoms with E-state index >= 15 is 0 Å². The fourth-order valence-electron chi connectivity index (χ4n) is 2.60. The molecular formula is C15H25N5O6. The van der Waals surface area contributed by atoms with E-state index in [1.165, 1.54) is 18.7 Å². The lowest BCUT2D eigenvalue weighted by Gasteiger charge is -2.27. The average molecular weight is 371 g/mol. The fraction of sp³-hybridized carbons (Fsp3) is 0.667. The van der Waals surface area contributed by atoms with E-state index in [9.17, 15) is 24.0 Å². The molecule has 1 aliphatic rings. The first-order valence-corrected chi connectivity index (χ1v) is 8.27. The SMILES string of the molecule is C[C@H](NC(=O)CN)C(=O)N[C@@H](C)C(=O)N1CCC[C@H]1C(=O)NCC(=O)O. The molecule has 1 aliphatic heterocycles. The molecular weight excluding hydrogens is 346 g/mol. The summed E-state index contributed by atoms with van der Waals surface area (Å²) in [5, 5.41) is 15.7. The van der Waals surface area contributed by atoms with Gasteiger partial charge in [-0.25, -0.2) is 0 Å². The van der Waals surface area contributed by atoms with Gasteiger partial charge in [-0.2, -0.15) is 0 Å². The van der Waals surface area contributed by atoms with Crippen molar-refractivity contribution in [1.29, 1.82) is 0 Å². The standard InChI is InChI=1S/C15H25N5O6/c1-8(18-11(21)6-16)13(24)19-9(2)15(26)20-5-3-4-10(20)14(25)17-7-12(22)23/h8-10H,3-7,16H2,1-2H3,(H,17,25)(H,18,21)(H,19,24)(H,22,23)/t8-,9-,10-/m0/s1. The molecule has 1 saturated heterocycles. The number of rotatable bonds is 8. The van der Waals surface area contributed by atoms with Gasteiger partial charge in [-0.3, -0.25) is 24.0 Å². The van der Waals surface area contributed by atoms with Crippen LogP contribution >= 0.6 is 0 Å². The molecule has 0 saturated carbocycles. The second kappa shape index (κ2) is 9.70. The fourth-order valence-corrected chi connectivity index (χ4v) is 2.60. The second-order valence-corrected chi connectivity index (χ2v) is 6.02. The van der Waals surface area contributed by atoms with Crippen molar-refractivity contribution in [2.24, 2.45) is 5.73 Å². The van der Waals surface area contributed by atoms with Crippen LogP contribution in [-0.2, 0) is 24.0 Å². The van der Waals surface area contributed by atoms with Crippen LogP contribution in [-0.4, -0.2) is 77.4 Å². The molecule has 11 heteroatoms. The molecule has 0 aromatic heterocycles. The van der Waals surface area contributed by atoms with E-state index < -0.39 is 54.3 Å². The highest BCUT2D eigenvalue weighted by Crippen LogP contribution is 2.18. The molecule has 11 nitrogen and oxygen atoms in total. The van der Waals surface area contributed by atoms with Crippen molar-refractivity contribution in [2.75, 3.05) is 19.6 Å². The third-order valence-corrected chi connectivity index (χ3v) is 3.94. The lowest BCUT2D eigenvalue weighted by atomic mass is 10.2. The molecule has 0 bridgehead atoms. The van der Waals surface area contributed by atoms with Crippen LogP contribution in [0.4, 0.5) is 0 Å². The van der Waals surface area contributed by atoms with Crippen LogP contribution in [0.2, 0.25) is 0 Å². The van der Waals surface area contributed by atoms with Gasteiger partial charge in [0.15, 0.2) is 0 Å². The molecule has 26 heavy (non-hydrogen) atoms. The third-order valence-electron chi connectivity index (χ3n) is 3.94. The Hall–Kier alpha value is -2.69. The molecule has 3 atom stereocenters. The normalized spacial score (nSPS) is 18.6. The minimum absolute atomic E-state index is 0.257. The van der Waals surface area contributed by atoms with Gasteiger partial charge in [-0.1, -0.05) is 0 Å². The van der Waals surface area contributed by atoms with E-state index in [1.807, 2.05) is 0 Å². The number of aliphatic carboxylic acids is 1. The maximum atomic E-state index is 12.5. The Kier molecular flexibility index (Phi) is 7.97. The van der Waals surface area contributed by atoms with Gasteiger partial charge in [0, 0.05) is 6.54 Å². The van der Waals surface area contributed by atoms with Crippen molar-refractivity contribution in [3.05, 3.63) is 0 Å². The first-order valence-electron chi connectivity index (χ1n) is 8.27. The maximum absolute atomic E-state index is 12.5. The maximum Gasteiger partial charge on any atom is 0.322 e. The number of carboxylic acid groups (broad SMARTS) is 1. The van der Waals surface area contributed by atoms with Gasteiger partial charge in [-0.05, 0) is 26.7 Å². The minimum atomic E-state index is -1.18. The van der Waals surface area contributed by atoms with Crippen molar-refractivity contribution < 1.29 is 29.1 Å². The number of nitrogens with one attached hydrogen (secondary N) is 3. The van der Waals surface area contributed by atoms with Crippen molar-refractivity contribution >= 4 is 29.6 Å². The highest BCUT2D eigenvalue weighted by molar-refractivity contribution is 5.94. The van der Waals surface area contributed by atoms with Crippen LogP contribution in [0.3, 0.4) is 0 Å². The third kappa shape index (κ3) is 5.99. The summed E-state index contributed by atoms with van der Waals surface area (Å²) in [6.07, 6.45) is 1.02. The van der Waals surface area contributed by atoms with Crippen LogP contribution in [0.25, 0.3) is 0 Å². The average Bonchev–Trinajstić information content (AvgIpc) is 3.08. The number of carboxylic acids is 1. The van der Waals surface area contributed by atoms with Crippen molar-refractivity contribution in [3.8, 4) is 0 Å². The minimum Gasteiger partial charge on any atom is -0.480 e. The van der Waals surface area contributed by atoms with Crippen molar-refractivity contribution in [1.82, 2.24) is 20.9 Å². The quantitative estimate of drug-likeness (QED) is 0.305. The van der Waals surface area contributed by atoms with Crippen LogP contribution < -0.4 is 21.7 Å². The number of likely N-dealkylation sites (tertiary alicyclic amines) is 1. The van der Waals surface area contributed by atoms with Gasteiger partial charge in [0.2, 0.25) is 23.6 Å². The summed E-state index contributed by atoms with van der Waals surface area (Å²) >= 11 is 0. The predicted molar refractivity (Wildman–Crippen MR) is 89.6 cm³/mol. The molecule has 0 aromatic carbocycles. The van der Waals surface area contributed by atoms with Gasteiger partial charge < -0.3 is 31.7 Å². The first-order chi connectivity index (χ1) is 12.2. The summed E-state index contributed by atoms with van der Waals surface area (Å²) in [6.45, 7) is 2.49. The second-order valence-electron chi connectivity index (χ2n) is 6.02. The zero-order chi connectivity index (χ0) is 19.9. The molecule has 0 spiro atoms. The summed E-state index contributed by atoms with van der Waals surface area (Å²) in [6, 6.07) is -2.54. The zero-order valence-corrected chi connectivity index (χ0v) is 14.8. The van der Waals surface area contributed by atoms with Gasteiger partial charge in [0.1, 0.15) is 24.7 Å². The molecule has 0 aromatic rings. The van der Waals surface area contributed by atoms with E-state index in [1.54, 1.807) is 0 Å². The number of hydrogen-bond acceptors (Lipinski definition) is 6. The highest BCUT2D eigenvalue weighted by atomic mass is 16.4. The Labute approximate surface area is 150 Å². The van der Waals surface area contributed by atoms with Crippen LogP contribution in [0.1, 0.15) is 26.7 Å². The Morgan fingerprint density at radius 3 is 2.38 bits per heavy atom. The van der Waals surface area contributed by atoms with Gasteiger partial charge >= 0.3 is 5.97 Å². The zero-order valence-electron chi connectivity index (χ0n) is 14.8. The molecule has 1 fully saturated rings. The molecule has 0 unspecified atom stereocenters. The molecule has 1 rings (SSSR count). The topological polar surface area (TPSA) is 171 Å². The Morgan fingerprint density at radius 1 is 1.15 bits per heavy atom. The Balaban J connectivity index is 2.62. The number of nitrogens with zero attached hydrogens (tertiary/aromatic N) is 1. The molecule has 146 valence electrons. The van der Waals surface area contributed by atoms with E-state index in [-0.39, 0.29) is 6.54 Å². The summed E-state index contributed by atoms with van der Waals surface area (Å²) in [5.74, 6) is -3.23. The van der Waals surface area contributed by atoms with E-state index in [4.69, 9.17) is 10.8 Å². The number of hydrogen-bond donors (Lipinski definition) is 5. The molecule has 0 radical (unpaired) electrons. The van der Waals surface area contributed by atoms with E-state index in [0.717, 1.165) is 0 Å². The van der Waals surface area contributed by atoms with Crippen LogP contribution in [0.15, 0.2) is 0 Å². The Morgan fingerprint density at radius 2 is 1.81 bits per heavy atom. The van der Waals surface area contributed by atoms with E-state index in [2.05, 4.69) is 16.0 Å². The molecule has 6 N–H and O–H groups in total. The van der Waals surface area contributed by atoms with Crippen LogP contribution in [0.5, 0.6) is 0 Å². The summed E-state index contributed by atoms with van der Waals surface area (Å²) in [5.41, 5.74) is 5.16. The van der Waals surface area contributed by atoms with E-state index in [0.29, 0.717) is 19.4 Å².